The van der Waals surface area contributed by atoms with E-state index in [-0.39, 0.29) is 0 Å². The van der Waals surface area contributed by atoms with Gasteiger partial charge in [0.15, 0.2) is 16.6 Å². The van der Waals surface area contributed by atoms with Crippen molar-refractivity contribution in [2.45, 2.75) is 26.2 Å². The van der Waals surface area contributed by atoms with Gasteiger partial charge >= 0.3 is 0 Å². The molecule has 0 radical (unpaired) electrons. The highest BCUT2D eigenvalue weighted by molar-refractivity contribution is 6.90. The van der Waals surface area contributed by atoms with Crippen LogP contribution in [0.4, 0.5) is 0 Å². The van der Waals surface area contributed by atoms with Crippen LogP contribution < -0.4 is 9.47 Å². The second-order valence-electron chi connectivity index (χ2n) is 7.52. The fourth-order valence-corrected chi connectivity index (χ4v) is 9.93. The molecule has 3 nitrogen and oxygen atoms in total. The summed E-state index contributed by atoms with van der Waals surface area (Å²) in [5.41, 5.74) is 6.83. The van der Waals surface area contributed by atoms with Gasteiger partial charge in [0.25, 0.3) is 0 Å². The van der Waals surface area contributed by atoms with Crippen LogP contribution in [0, 0.1) is 0 Å². The van der Waals surface area contributed by atoms with Crippen LogP contribution in [0.3, 0.4) is 0 Å². The Bertz CT molecular complexity index is 709. The number of hydrogen-bond acceptors (Lipinski definition) is 3. The van der Waals surface area contributed by atoms with Gasteiger partial charge in [-0.25, -0.2) is 0 Å². The Hall–Kier alpha value is -2.09. The Kier molecular flexibility index (Phi) is 7.24. The molecule has 0 aliphatic rings. The minimum absolute atomic E-state index is 0.872. The summed E-state index contributed by atoms with van der Waals surface area (Å²) in [6.07, 6.45) is 4.31. The number of benzene rings is 2. The molecule has 0 bridgehead atoms. The highest BCUT2D eigenvalue weighted by Gasteiger charge is 2.29. The van der Waals surface area contributed by atoms with Crippen LogP contribution in [0.5, 0.6) is 11.5 Å². The SMILES string of the molecule is COc1ccc(/C=C/[Si](C)(C)O[Si](C)(C)/C=C/c2ccc(OC)cc2)cc1. The zero-order valence-corrected chi connectivity index (χ0v) is 19.2. The normalized spacial score (nSPS) is 12.7. The second kappa shape index (κ2) is 9.21. The Morgan fingerprint density at radius 1 is 0.593 bits per heavy atom. The van der Waals surface area contributed by atoms with Gasteiger partial charge in [-0.15, -0.1) is 0 Å². The largest absolute Gasteiger partial charge is 0.497 e. The van der Waals surface area contributed by atoms with E-state index in [9.17, 15) is 0 Å². The molecule has 5 heteroatoms. The minimum atomic E-state index is -1.92. The van der Waals surface area contributed by atoms with E-state index in [2.05, 4.69) is 74.0 Å². The topological polar surface area (TPSA) is 27.7 Å². The Morgan fingerprint density at radius 3 is 1.22 bits per heavy atom. The van der Waals surface area contributed by atoms with E-state index in [1.165, 1.54) is 0 Å². The third kappa shape index (κ3) is 7.21. The van der Waals surface area contributed by atoms with Gasteiger partial charge in [0.1, 0.15) is 11.5 Å². The molecule has 0 aliphatic carbocycles. The molecule has 0 saturated heterocycles. The minimum Gasteiger partial charge on any atom is -0.497 e. The summed E-state index contributed by atoms with van der Waals surface area (Å²) >= 11 is 0. The van der Waals surface area contributed by atoms with Crippen LogP contribution in [-0.4, -0.2) is 30.9 Å². The monoisotopic (exact) mass is 398 g/mol. The number of rotatable bonds is 8. The zero-order chi connectivity index (χ0) is 19.9. The lowest BCUT2D eigenvalue weighted by Gasteiger charge is -2.29. The van der Waals surface area contributed by atoms with Crippen molar-refractivity contribution in [2.75, 3.05) is 14.2 Å². The summed E-state index contributed by atoms with van der Waals surface area (Å²) in [5, 5.41) is 0. The van der Waals surface area contributed by atoms with Gasteiger partial charge in [0.05, 0.1) is 14.2 Å². The molecule has 0 N–H and O–H groups in total. The van der Waals surface area contributed by atoms with Crippen molar-refractivity contribution in [1.82, 2.24) is 0 Å². The summed E-state index contributed by atoms with van der Waals surface area (Å²) in [5.74, 6) is 1.74. The van der Waals surface area contributed by atoms with Crippen molar-refractivity contribution >= 4 is 28.8 Å². The molecular weight excluding hydrogens is 368 g/mol. The first kappa shape index (κ1) is 21.2. The van der Waals surface area contributed by atoms with Gasteiger partial charge < -0.3 is 13.6 Å². The predicted molar refractivity (Wildman–Crippen MR) is 120 cm³/mol. The molecule has 27 heavy (non-hydrogen) atoms. The molecule has 0 saturated carbocycles. The maximum atomic E-state index is 6.61. The first-order valence-electron chi connectivity index (χ1n) is 9.10. The van der Waals surface area contributed by atoms with Crippen molar-refractivity contribution in [3.05, 3.63) is 71.1 Å². The van der Waals surface area contributed by atoms with Gasteiger partial charge in [-0.1, -0.05) is 47.8 Å². The predicted octanol–water partition coefficient (Wildman–Crippen LogP) is 5.94. The Morgan fingerprint density at radius 2 is 0.926 bits per heavy atom. The van der Waals surface area contributed by atoms with Crippen molar-refractivity contribution in [1.29, 1.82) is 0 Å². The summed E-state index contributed by atoms with van der Waals surface area (Å²) < 4.78 is 17.0. The standard InChI is InChI=1S/C22H30O3Si2/c1-23-21-11-7-19(8-12-21)15-17-26(3,4)25-27(5,6)18-16-20-9-13-22(24-2)14-10-20/h7-18H,1-6H3/b17-15+,18-16+. The van der Waals surface area contributed by atoms with Crippen LogP contribution in [0.2, 0.25) is 26.2 Å². The molecule has 0 unspecified atom stereocenters. The first-order chi connectivity index (χ1) is 12.7. The van der Waals surface area contributed by atoms with Crippen molar-refractivity contribution in [2.24, 2.45) is 0 Å². The van der Waals surface area contributed by atoms with E-state index in [4.69, 9.17) is 13.6 Å². The molecule has 144 valence electrons. The number of ether oxygens (including phenoxy) is 2. The average Bonchev–Trinajstić information content (AvgIpc) is 2.65. The highest BCUT2D eigenvalue weighted by Crippen LogP contribution is 2.20. The van der Waals surface area contributed by atoms with Gasteiger partial charge in [-0.05, 0) is 61.6 Å². The molecule has 0 fully saturated rings. The van der Waals surface area contributed by atoms with Crippen LogP contribution in [0.25, 0.3) is 12.2 Å². The molecule has 0 aliphatic heterocycles. The lowest BCUT2D eigenvalue weighted by Crippen LogP contribution is -2.42. The van der Waals surface area contributed by atoms with Gasteiger partial charge in [-0.2, -0.15) is 0 Å². The van der Waals surface area contributed by atoms with Crippen molar-refractivity contribution in [3.8, 4) is 11.5 Å². The molecule has 0 atom stereocenters. The van der Waals surface area contributed by atoms with E-state index >= 15 is 0 Å². The maximum Gasteiger partial charge on any atom is 0.198 e. The molecule has 0 amide bonds. The Balaban J connectivity index is 2.02. The molecule has 0 heterocycles. The molecular formula is C22H30O3Si2. The van der Waals surface area contributed by atoms with Crippen LogP contribution >= 0.6 is 0 Å². The van der Waals surface area contributed by atoms with Gasteiger partial charge in [0.2, 0.25) is 0 Å². The van der Waals surface area contributed by atoms with E-state index in [0.717, 1.165) is 22.6 Å². The van der Waals surface area contributed by atoms with E-state index in [0.29, 0.717) is 0 Å². The van der Waals surface area contributed by atoms with Crippen molar-refractivity contribution < 1.29 is 13.6 Å². The number of hydrogen-bond donors (Lipinski definition) is 0. The zero-order valence-electron chi connectivity index (χ0n) is 17.2. The smallest absolute Gasteiger partial charge is 0.198 e. The van der Waals surface area contributed by atoms with Crippen molar-refractivity contribution in [3.63, 3.8) is 0 Å². The Labute approximate surface area is 165 Å². The first-order valence-corrected chi connectivity index (χ1v) is 15.1. The van der Waals surface area contributed by atoms with Crippen LogP contribution in [0.1, 0.15) is 11.1 Å². The highest BCUT2D eigenvalue weighted by atomic mass is 28.4. The fourth-order valence-electron chi connectivity index (χ4n) is 2.77. The summed E-state index contributed by atoms with van der Waals surface area (Å²) in [6.45, 7) is 8.96. The molecule has 2 aromatic carbocycles. The van der Waals surface area contributed by atoms with Crippen LogP contribution in [-0.2, 0) is 4.12 Å². The van der Waals surface area contributed by atoms with Gasteiger partial charge in [-0.3, -0.25) is 0 Å². The molecule has 0 spiro atoms. The summed E-state index contributed by atoms with van der Waals surface area (Å²) in [4.78, 5) is 0. The molecule has 2 rings (SSSR count). The third-order valence-electron chi connectivity index (χ3n) is 4.11. The number of methoxy groups -OCH3 is 2. The quantitative estimate of drug-likeness (QED) is 0.515. The third-order valence-corrected chi connectivity index (χ3v) is 10.3. The molecule has 0 aromatic heterocycles. The molecule has 2 aromatic rings. The van der Waals surface area contributed by atoms with Crippen LogP contribution in [0.15, 0.2) is 59.9 Å². The summed E-state index contributed by atoms with van der Waals surface area (Å²) in [6, 6.07) is 16.2. The lowest BCUT2D eigenvalue weighted by atomic mass is 10.2. The van der Waals surface area contributed by atoms with E-state index in [1.807, 2.05) is 24.3 Å². The second-order valence-corrected chi connectivity index (χ2v) is 15.4. The van der Waals surface area contributed by atoms with Gasteiger partial charge in [0, 0.05) is 0 Å². The van der Waals surface area contributed by atoms with E-state index < -0.39 is 16.6 Å². The maximum absolute atomic E-state index is 6.61. The van der Waals surface area contributed by atoms with E-state index in [1.54, 1.807) is 14.2 Å². The lowest BCUT2D eigenvalue weighted by molar-refractivity contribution is 0.414. The summed E-state index contributed by atoms with van der Waals surface area (Å²) in [7, 11) is -0.472. The average molecular weight is 399 g/mol. The fraction of sp³-hybridized carbons (Fsp3) is 0.273.